The van der Waals surface area contributed by atoms with E-state index in [2.05, 4.69) is 38.5 Å². The molecule has 6 nitrogen and oxygen atoms in total. The zero-order valence-electron chi connectivity index (χ0n) is 14.1. The molecular formula is C18H20ClN5O. The van der Waals surface area contributed by atoms with Crippen LogP contribution in [0.2, 0.25) is 5.02 Å². The topological polar surface area (TPSA) is 60.5 Å². The second kappa shape index (κ2) is 6.54. The van der Waals surface area contributed by atoms with Crippen molar-refractivity contribution in [2.75, 3.05) is 43.4 Å². The highest BCUT2D eigenvalue weighted by molar-refractivity contribution is 6.32. The molecule has 7 heteroatoms. The van der Waals surface area contributed by atoms with Gasteiger partial charge in [-0.1, -0.05) is 11.6 Å². The number of piperazine rings is 1. The Hall–Kier alpha value is -2.31. The van der Waals surface area contributed by atoms with Crippen LogP contribution in [0.4, 0.5) is 17.2 Å². The zero-order valence-corrected chi connectivity index (χ0v) is 14.8. The molecule has 1 fully saturated rings. The number of amides is 1. The Balaban J connectivity index is 1.53. The van der Waals surface area contributed by atoms with Crippen LogP contribution in [0.3, 0.4) is 0 Å². The van der Waals surface area contributed by atoms with Crippen LogP contribution in [0.25, 0.3) is 0 Å². The summed E-state index contributed by atoms with van der Waals surface area (Å²) in [7, 11) is 2.14. The largest absolute Gasteiger partial charge is 0.368 e. The van der Waals surface area contributed by atoms with Gasteiger partial charge in [-0.2, -0.15) is 0 Å². The number of hydrogen-bond donors (Lipinski definition) is 2. The molecule has 2 aliphatic heterocycles. The van der Waals surface area contributed by atoms with Crippen LogP contribution in [-0.2, 0) is 6.54 Å². The number of pyridine rings is 1. The first-order valence-electron chi connectivity index (χ1n) is 8.38. The fourth-order valence-corrected chi connectivity index (χ4v) is 3.49. The minimum atomic E-state index is -0.103. The van der Waals surface area contributed by atoms with E-state index in [4.69, 9.17) is 11.6 Å². The normalized spacial score (nSPS) is 17.4. The van der Waals surface area contributed by atoms with Gasteiger partial charge in [-0.3, -0.25) is 4.79 Å². The van der Waals surface area contributed by atoms with Crippen LogP contribution in [0, 0.1) is 0 Å². The molecule has 25 heavy (non-hydrogen) atoms. The molecule has 1 amide bonds. The van der Waals surface area contributed by atoms with Crippen LogP contribution >= 0.6 is 11.6 Å². The lowest BCUT2D eigenvalue weighted by atomic mass is 10.1. The third-order valence-corrected chi connectivity index (χ3v) is 5.14. The molecule has 1 aromatic carbocycles. The molecule has 1 saturated heterocycles. The van der Waals surface area contributed by atoms with E-state index in [9.17, 15) is 4.79 Å². The van der Waals surface area contributed by atoms with Gasteiger partial charge in [-0.25, -0.2) is 4.98 Å². The number of carbonyl (C=O) groups excluding carboxylic acids is 1. The van der Waals surface area contributed by atoms with E-state index in [1.54, 1.807) is 0 Å². The number of anilines is 3. The molecule has 0 atom stereocenters. The summed E-state index contributed by atoms with van der Waals surface area (Å²) in [5.74, 6) is 0.608. The summed E-state index contributed by atoms with van der Waals surface area (Å²) < 4.78 is 0. The standard InChI is InChI=1S/C18H20ClN5O/c1-23-6-8-24(9-7-23)12-2-5-16(20-10-12)22-15-4-3-14(19)13-11-21-18(25)17(13)15/h2-5,10H,6-9,11H2,1H3,(H,20,22)(H,21,25). The van der Waals surface area contributed by atoms with E-state index in [0.29, 0.717) is 22.9 Å². The SMILES string of the molecule is CN1CCN(c2ccc(Nc3ccc(Cl)c4c3C(=O)NC4)nc2)CC1. The number of benzene rings is 1. The van der Waals surface area contributed by atoms with Gasteiger partial charge in [0, 0.05) is 43.3 Å². The highest BCUT2D eigenvalue weighted by Crippen LogP contribution is 2.32. The van der Waals surface area contributed by atoms with E-state index in [0.717, 1.165) is 43.1 Å². The monoisotopic (exact) mass is 357 g/mol. The van der Waals surface area contributed by atoms with Crippen LogP contribution in [0.1, 0.15) is 15.9 Å². The summed E-state index contributed by atoms with van der Waals surface area (Å²) in [5.41, 5.74) is 3.30. The molecule has 0 spiro atoms. The fourth-order valence-electron chi connectivity index (χ4n) is 3.27. The van der Waals surface area contributed by atoms with E-state index in [1.165, 1.54) is 0 Å². The quantitative estimate of drug-likeness (QED) is 0.883. The molecule has 130 valence electrons. The molecule has 2 aromatic rings. The Bertz CT molecular complexity index is 800. The van der Waals surface area contributed by atoms with E-state index in [-0.39, 0.29) is 5.91 Å². The molecule has 0 aliphatic carbocycles. The number of rotatable bonds is 3. The molecule has 0 radical (unpaired) electrons. The van der Waals surface area contributed by atoms with Crippen molar-refractivity contribution in [2.45, 2.75) is 6.54 Å². The van der Waals surface area contributed by atoms with Gasteiger partial charge in [0.1, 0.15) is 5.82 Å². The van der Waals surface area contributed by atoms with E-state index in [1.807, 2.05) is 24.4 Å². The third-order valence-electron chi connectivity index (χ3n) is 4.79. The minimum absolute atomic E-state index is 0.103. The van der Waals surface area contributed by atoms with Crippen LogP contribution < -0.4 is 15.5 Å². The lowest BCUT2D eigenvalue weighted by Gasteiger charge is -2.33. The Morgan fingerprint density at radius 3 is 2.68 bits per heavy atom. The molecule has 0 saturated carbocycles. The average molecular weight is 358 g/mol. The van der Waals surface area contributed by atoms with Gasteiger partial charge in [0.15, 0.2) is 0 Å². The minimum Gasteiger partial charge on any atom is -0.368 e. The number of nitrogens with one attached hydrogen (secondary N) is 2. The Morgan fingerprint density at radius 1 is 1.16 bits per heavy atom. The maximum Gasteiger partial charge on any atom is 0.254 e. The number of halogens is 1. The van der Waals surface area contributed by atoms with Crippen LogP contribution in [0.15, 0.2) is 30.5 Å². The van der Waals surface area contributed by atoms with Crippen molar-refractivity contribution in [1.82, 2.24) is 15.2 Å². The van der Waals surface area contributed by atoms with Crippen molar-refractivity contribution >= 4 is 34.7 Å². The molecule has 4 rings (SSSR count). The number of aromatic nitrogens is 1. The smallest absolute Gasteiger partial charge is 0.254 e. The van der Waals surface area contributed by atoms with Crippen LogP contribution in [0.5, 0.6) is 0 Å². The van der Waals surface area contributed by atoms with Gasteiger partial charge < -0.3 is 20.4 Å². The van der Waals surface area contributed by atoms with Crippen molar-refractivity contribution in [3.8, 4) is 0 Å². The summed E-state index contributed by atoms with van der Waals surface area (Å²) in [4.78, 5) is 21.2. The van der Waals surface area contributed by atoms with Crippen molar-refractivity contribution in [3.63, 3.8) is 0 Å². The maximum atomic E-state index is 12.1. The summed E-state index contributed by atoms with van der Waals surface area (Å²) in [6, 6.07) is 7.64. The van der Waals surface area contributed by atoms with Crippen LogP contribution in [-0.4, -0.2) is 49.0 Å². The van der Waals surface area contributed by atoms with Crippen molar-refractivity contribution in [1.29, 1.82) is 0 Å². The van der Waals surface area contributed by atoms with Crippen molar-refractivity contribution in [3.05, 3.63) is 46.6 Å². The van der Waals surface area contributed by atoms with E-state index >= 15 is 0 Å². The second-order valence-corrected chi connectivity index (χ2v) is 6.86. The van der Waals surface area contributed by atoms with Crippen molar-refractivity contribution in [2.24, 2.45) is 0 Å². The lowest BCUT2D eigenvalue weighted by Crippen LogP contribution is -2.44. The second-order valence-electron chi connectivity index (χ2n) is 6.45. The first-order valence-corrected chi connectivity index (χ1v) is 8.76. The fraction of sp³-hybridized carbons (Fsp3) is 0.333. The highest BCUT2D eigenvalue weighted by atomic mass is 35.5. The van der Waals surface area contributed by atoms with Crippen molar-refractivity contribution < 1.29 is 4.79 Å². The number of hydrogen-bond acceptors (Lipinski definition) is 5. The Labute approximate surface area is 151 Å². The summed E-state index contributed by atoms with van der Waals surface area (Å²) in [5, 5.41) is 6.66. The van der Waals surface area contributed by atoms with Gasteiger partial charge in [-0.15, -0.1) is 0 Å². The predicted octanol–water partition coefficient (Wildman–Crippen LogP) is 2.47. The molecule has 2 aliphatic rings. The van der Waals surface area contributed by atoms with Gasteiger partial charge in [0.2, 0.25) is 0 Å². The highest BCUT2D eigenvalue weighted by Gasteiger charge is 2.25. The van der Waals surface area contributed by atoms with Gasteiger partial charge in [-0.05, 0) is 31.3 Å². The van der Waals surface area contributed by atoms with E-state index < -0.39 is 0 Å². The number of fused-ring (bicyclic) bond motifs is 1. The number of likely N-dealkylation sites (N-methyl/N-ethyl adjacent to an activating group) is 1. The van der Waals surface area contributed by atoms with Gasteiger partial charge in [0.25, 0.3) is 5.91 Å². The average Bonchev–Trinajstić information content (AvgIpc) is 3.02. The molecule has 1 aromatic heterocycles. The Kier molecular flexibility index (Phi) is 4.23. The van der Waals surface area contributed by atoms with Gasteiger partial charge in [0.05, 0.1) is 23.1 Å². The summed E-state index contributed by atoms with van der Waals surface area (Å²) >= 11 is 6.18. The van der Waals surface area contributed by atoms with Gasteiger partial charge >= 0.3 is 0 Å². The zero-order chi connectivity index (χ0) is 17.4. The summed E-state index contributed by atoms with van der Waals surface area (Å²) in [6.45, 7) is 4.61. The molecular weight excluding hydrogens is 338 g/mol. The summed E-state index contributed by atoms with van der Waals surface area (Å²) in [6.07, 6.45) is 1.88. The lowest BCUT2D eigenvalue weighted by molar-refractivity contribution is 0.0966. The first kappa shape index (κ1) is 16.2. The molecule has 2 N–H and O–H groups in total. The maximum absolute atomic E-state index is 12.1. The predicted molar refractivity (Wildman–Crippen MR) is 99.9 cm³/mol. The number of nitrogens with zero attached hydrogens (tertiary/aromatic N) is 3. The molecule has 0 bridgehead atoms. The molecule has 0 unspecified atom stereocenters. The molecule has 3 heterocycles. The Morgan fingerprint density at radius 2 is 1.96 bits per heavy atom. The number of carbonyl (C=O) groups is 1. The first-order chi connectivity index (χ1) is 12.1. The third kappa shape index (κ3) is 3.15.